The Morgan fingerprint density at radius 1 is 1.50 bits per heavy atom. The van der Waals surface area contributed by atoms with Gasteiger partial charge in [-0.3, -0.25) is 9.30 Å². The van der Waals surface area contributed by atoms with Crippen molar-refractivity contribution in [2.24, 2.45) is 4.99 Å². The van der Waals surface area contributed by atoms with E-state index in [1.165, 1.54) is 0 Å². The Morgan fingerprint density at radius 2 is 2.39 bits per heavy atom. The van der Waals surface area contributed by atoms with E-state index in [-0.39, 0.29) is 5.82 Å². The van der Waals surface area contributed by atoms with Gasteiger partial charge in [0.2, 0.25) is 0 Å². The first-order chi connectivity index (χ1) is 8.81. The number of aryl methyl sites for hydroxylation is 1. The molecule has 2 nitrogen and oxygen atoms in total. The fourth-order valence-electron chi connectivity index (χ4n) is 2.36. The summed E-state index contributed by atoms with van der Waals surface area (Å²) in [7, 11) is 0. The average molecular weight is 262 g/mol. The van der Waals surface area contributed by atoms with E-state index in [0.29, 0.717) is 11.6 Å². The van der Waals surface area contributed by atoms with Crippen molar-refractivity contribution in [2.45, 2.75) is 25.8 Å². The van der Waals surface area contributed by atoms with Gasteiger partial charge in [0.15, 0.2) is 0 Å². The fourth-order valence-corrected chi connectivity index (χ4v) is 3.29. The van der Waals surface area contributed by atoms with Crippen molar-refractivity contribution >= 4 is 17.8 Å². The lowest BCUT2D eigenvalue weighted by atomic mass is 10.0. The molecule has 0 bridgehead atoms. The molecular weight excluding hydrogens is 247 g/mol. The van der Waals surface area contributed by atoms with Crippen LogP contribution in [0.1, 0.15) is 24.5 Å². The van der Waals surface area contributed by atoms with Crippen molar-refractivity contribution in [3.8, 4) is 0 Å². The Balaban J connectivity index is 1.95. The number of rotatable bonds is 3. The molecule has 0 saturated heterocycles. The van der Waals surface area contributed by atoms with E-state index < -0.39 is 0 Å². The fraction of sp³-hybridized carbons (Fsp3) is 0.357. The lowest BCUT2D eigenvalue weighted by Gasteiger charge is -2.19. The molecule has 1 aromatic rings. The largest absolute Gasteiger partial charge is 0.288 e. The minimum atomic E-state index is -0.105. The lowest BCUT2D eigenvalue weighted by Crippen LogP contribution is -2.27. The van der Waals surface area contributed by atoms with Gasteiger partial charge in [0, 0.05) is 0 Å². The molecule has 1 aromatic carbocycles. The van der Waals surface area contributed by atoms with Crippen LogP contribution in [0.4, 0.5) is 4.39 Å². The molecule has 2 aliphatic rings. The topological polar surface area (TPSA) is 15.6 Å². The van der Waals surface area contributed by atoms with E-state index in [9.17, 15) is 4.39 Å². The van der Waals surface area contributed by atoms with Crippen LogP contribution in [0.15, 0.2) is 34.7 Å². The first-order valence-electron chi connectivity index (χ1n) is 6.26. The smallest absolute Gasteiger partial charge is 0.144 e. The van der Waals surface area contributed by atoms with Crippen molar-refractivity contribution in [3.05, 3.63) is 46.6 Å². The zero-order valence-electron chi connectivity index (χ0n) is 10.3. The van der Waals surface area contributed by atoms with Crippen molar-refractivity contribution in [3.63, 3.8) is 0 Å². The van der Waals surface area contributed by atoms with Crippen LogP contribution in [0.25, 0.3) is 0 Å². The molecule has 0 aromatic heterocycles. The highest BCUT2D eigenvalue weighted by Crippen LogP contribution is 2.32. The van der Waals surface area contributed by atoms with Crippen LogP contribution in [0.3, 0.4) is 0 Å². The summed E-state index contributed by atoms with van der Waals surface area (Å²) < 4.78 is 16.5. The zero-order chi connectivity index (χ0) is 12.5. The second kappa shape index (κ2) is 4.76. The Hall–Kier alpha value is -1.29. The standard InChI is InChI=1S/C14H15FN2S/c1-2-4-10-5-3-6-12(13(10)15)14-16-9-11-7-8-18-17(11)14/h3,5-8,11H,2,4,9H2,1H3. The summed E-state index contributed by atoms with van der Waals surface area (Å²) in [6.45, 7) is 2.80. The quantitative estimate of drug-likeness (QED) is 0.776. The molecule has 2 aliphatic heterocycles. The normalized spacial score (nSPS) is 21.3. The Bertz CT molecular complexity index is 525. The van der Waals surface area contributed by atoms with Crippen LogP contribution in [-0.4, -0.2) is 22.7 Å². The van der Waals surface area contributed by atoms with Gasteiger partial charge in [0.05, 0.1) is 18.2 Å². The first kappa shape index (κ1) is 11.8. The van der Waals surface area contributed by atoms with Crippen LogP contribution in [0.5, 0.6) is 0 Å². The second-order valence-corrected chi connectivity index (χ2v) is 5.40. The third-order valence-electron chi connectivity index (χ3n) is 3.25. The SMILES string of the molecule is CCCc1cccc(C2=NCC3C=CSN23)c1F. The number of amidine groups is 1. The molecule has 0 saturated carbocycles. The van der Waals surface area contributed by atoms with E-state index in [0.717, 1.165) is 30.8 Å². The molecule has 0 aliphatic carbocycles. The molecule has 0 fully saturated rings. The Kier molecular flexibility index (Phi) is 3.12. The number of nitrogens with zero attached hydrogens (tertiary/aromatic N) is 2. The molecule has 18 heavy (non-hydrogen) atoms. The van der Waals surface area contributed by atoms with Gasteiger partial charge in [-0.05, 0) is 35.4 Å². The highest BCUT2D eigenvalue weighted by molar-refractivity contribution is 8.00. The van der Waals surface area contributed by atoms with Crippen LogP contribution in [-0.2, 0) is 6.42 Å². The summed E-state index contributed by atoms with van der Waals surface area (Å²) in [6, 6.07) is 5.92. The molecule has 1 atom stereocenters. The predicted octanol–water partition coefficient (Wildman–Crippen LogP) is 3.38. The molecule has 4 heteroatoms. The molecule has 0 spiro atoms. The van der Waals surface area contributed by atoms with Gasteiger partial charge in [-0.2, -0.15) is 0 Å². The van der Waals surface area contributed by atoms with Crippen LogP contribution < -0.4 is 0 Å². The summed E-state index contributed by atoms with van der Waals surface area (Å²) in [5.41, 5.74) is 1.43. The predicted molar refractivity (Wildman–Crippen MR) is 74.2 cm³/mol. The summed E-state index contributed by atoms with van der Waals surface area (Å²) in [5, 5.41) is 2.05. The molecule has 0 amide bonds. The Morgan fingerprint density at radius 3 is 3.22 bits per heavy atom. The molecule has 3 rings (SSSR count). The third-order valence-corrected chi connectivity index (χ3v) is 4.20. The van der Waals surface area contributed by atoms with Crippen molar-refractivity contribution in [2.75, 3.05) is 6.54 Å². The molecule has 0 N–H and O–H groups in total. The zero-order valence-corrected chi connectivity index (χ0v) is 11.1. The van der Waals surface area contributed by atoms with Crippen molar-refractivity contribution < 1.29 is 4.39 Å². The van der Waals surface area contributed by atoms with Crippen LogP contribution in [0, 0.1) is 5.82 Å². The Labute approximate surface area is 111 Å². The van der Waals surface area contributed by atoms with Gasteiger partial charge in [-0.15, -0.1) is 0 Å². The summed E-state index contributed by atoms with van der Waals surface area (Å²) in [4.78, 5) is 4.48. The van der Waals surface area contributed by atoms with Gasteiger partial charge in [0.25, 0.3) is 0 Å². The number of benzene rings is 1. The maximum Gasteiger partial charge on any atom is 0.144 e. The number of fused-ring (bicyclic) bond motifs is 1. The molecule has 94 valence electrons. The number of hydrogen-bond donors (Lipinski definition) is 0. The molecule has 0 radical (unpaired) electrons. The van der Waals surface area contributed by atoms with Gasteiger partial charge >= 0.3 is 0 Å². The summed E-state index contributed by atoms with van der Waals surface area (Å²) in [5.74, 6) is 0.678. The number of halogens is 1. The van der Waals surface area contributed by atoms with E-state index in [1.54, 1.807) is 11.9 Å². The maximum atomic E-state index is 14.4. The van der Waals surface area contributed by atoms with Crippen molar-refractivity contribution in [1.29, 1.82) is 0 Å². The average Bonchev–Trinajstić information content (AvgIpc) is 2.95. The number of hydrogen-bond acceptors (Lipinski definition) is 3. The monoisotopic (exact) mass is 262 g/mol. The molecular formula is C14H15FN2S. The summed E-state index contributed by atoms with van der Waals surface area (Å²) >= 11 is 1.60. The minimum absolute atomic E-state index is 0.105. The van der Waals surface area contributed by atoms with E-state index in [1.807, 2.05) is 23.6 Å². The summed E-state index contributed by atoms with van der Waals surface area (Å²) in [6.07, 6.45) is 3.85. The minimum Gasteiger partial charge on any atom is -0.288 e. The molecule has 1 unspecified atom stereocenters. The van der Waals surface area contributed by atoms with Gasteiger partial charge < -0.3 is 0 Å². The van der Waals surface area contributed by atoms with Gasteiger partial charge in [-0.25, -0.2) is 4.39 Å². The van der Waals surface area contributed by atoms with Gasteiger partial charge in [-0.1, -0.05) is 31.6 Å². The third kappa shape index (κ3) is 1.85. The highest BCUT2D eigenvalue weighted by atomic mass is 32.2. The van der Waals surface area contributed by atoms with Crippen LogP contribution >= 0.6 is 11.9 Å². The van der Waals surface area contributed by atoms with E-state index in [2.05, 4.69) is 22.3 Å². The van der Waals surface area contributed by atoms with Crippen molar-refractivity contribution in [1.82, 2.24) is 4.31 Å². The lowest BCUT2D eigenvalue weighted by molar-refractivity contribution is 0.594. The first-order valence-corrected chi connectivity index (χ1v) is 7.10. The van der Waals surface area contributed by atoms with E-state index >= 15 is 0 Å². The molecule has 2 heterocycles. The maximum absolute atomic E-state index is 14.4. The highest BCUT2D eigenvalue weighted by Gasteiger charge is 2.31. The van der Waals surface area contributed by atoms with Gasteiger partial charge in [0.1, 0.15) is 11.7 Å². The van der Waals surface area contributed by atoms with E-state index in [4.69, 9.17) is 0 Å². The number of aliphatic imine (C=N–C) groups is 1. The second-order valence-electron chi connectivity index (χ2n) is 4.52. The van der Waals surface area contributed by atoms with Crippen LogP contribution in [0.2, 0.25) is 0 Å².